The summed E-state index contributed by atoms with van der Waals surface area (Å²) >= 11 is 6.19. The molecule has 2 aliphatic heterocycles. The highest BCUT2D eigenvalue weighted by Gasteiger charge is 2.37. The van der Waals surface area contributed by atoms with Gasteiger partial charge in [-0.25, -0.2) is 0 Å². The van der Waals surface area contributed by atoms with Crippen LogP contribution in [0.25, 0.3) is 0 Å². The summed E-state index contributed by atoms with van der Waals surface area (Å²) in [6.45, 7) is 8.62. The molecule has 0 radical (unpaired) electrons. The van der Waals surface area contributed by atoms with E-state index in [0.29, 0.717) is 12.5 Å². The normalized spacial score (nSPS) is 25.3. The Morgan fingerprint density at radius 3 is 2.86 bits per heavy atom. The van der Waals surface area contributed by atoms with Gasteiger partial charge in [-0.1, -0.05) is 24.6 Å². The molecule has 2 heterocycles. The fourth-order valence-corrected chi connectivity index (χ4v) is 4.47. The zero-order valence-electron chi connectivity index (χ0n) is 17.2. The molecule has 6 nitrogen and oxygen atoms in total. The van der Waals surface area contributed by atoms with Crippen LogP contribution in [-0.2, 0) is 9.53 Å². The molecule has 2 fully saturated rings. The average molecular weight is 407 g/mol. The SMILES string of the molecule is CN=C(NCC1CCN(c2cc(Cl)ccc2C)C1)N1CC(C)C(C(=O)OC)C1. The first kappa shape index (κ1) is 20.8. The molecule has 1 N–H and O–H groups in total. The predicted octanol–water partition coefficient (Wildman–Crippen LogP) is 2.79. The molecule has 3 rings (SSSR count). The smallest absolute Gasteiger partial charge is 0.310 e. The summed E-state index contributed by atoms with van der Waals surface area (Å²) in [4.78, 5) is 21.0. The number of anilines is 1. The van der Waals surface area contributed by atoms with Crippen LogP contribution in [-0.4, -0.2) is 63.7 Å². The van der Waals surface area contributed by atoms with Gasteiger partial charge in [0.2, 0.25) is 0 Å². The lowest BCUT2D eigenvalue weighted by Crippen LogP contribution is -2.42. The monoisotopic (exact) mass is 406 g/mol. The zero-order valence-corrected chi connectivity index (χ0v) is 18.0. The van der Waals surface area contributed by atoms with E-state index in [4.69, 9.17) is 16.3 Å². The number of ether oxygens (including phenoxy) is 1. The number of hydrogen-bond donors (Lipinski definition) is 1. The number of rotatable bonds is 4. The third-order valence-corrected chi connectivity index (χ3v) is 6.21. The van der Waals surface area contributed by atoms with Gasteiger partial charge in [0.05, 0.1) is 13.0 Å². The first-order valence-electron chi connectivity index (χ1n) is 9.97. The minimum absolute atomic E-state index is 0.0867. The van der Waals surface area contributed by atoms with Gasteiger partial charge in [-0.2, -0.15) is 0 Å². The highest BCUT2D eigenvalue weighted by molar-refractivity contribution is 6.30. The van der Waals surface area contributed by atoms with Crippen LogP contribution in [0.1, 0.15) is 18.9 Å². The van der Waals surface area contributed by atoms with Gasteiger partial charge in [0, 0.05) is 50.5 Å². The maximum absolute atomic E-state index is 11.9. The van der Waals surface area contributed by atoms with Crippen molar-refractivity contribution in [2.24, 2.45) is 22.7 Å². The maximum atomic E-state index is 11.9. The Balaban J connectivity index is 1.54. The molecule has 0 saturated carbocycles. The van der Waals surface area contributed by atoms with Crippen molar-refractivity contribution >= 4 is 29.2 Å². The van der Waals surface area contributed by atoms with E-state index >= 15 is 0 Å². The molecule has 0 aliphatic carbocycles. The summed E-state index contributed by atoms with van der Waals surface area (Å²) in [5, 5.41) is 4.30. The number of aryl methyl sites for hydroxylation is 1. The van der Waals surface area contributed by atoms with Gasteiger partial charge < -0.3 is 19.9 Å². The Kier molecular flexibility index (Phi) is 6.70. The third-order valence-electron chi connectivity index (χ3n) is 5.97. The molecule has 1 aromatic carbocycles. The van der Waals surface area contributed by atoms with E-state index in [-0.39, 0.29) is 17.8 Å². The van der Waals surface area contributed by atoms with E-state index < -0.39 is 0 Å². The molecule has 0 spiro atoms. The highest BCUT2D eigenvalue weighted by atomic mass is 35.5. The number of likely N-dealkylation sites (tertiary alicyclic amines) is 1. The van der Waals surface area contributed by atoms with Gasteiger partial charge in [-0.3, -0.25) is 9.79 Å². The topological polar surface area (TPSA) is 57.2 Å². The maximum Gasteiger partial charge on any atom is 0.310 e. The molecule has 2 saturated heterocycles. The van der Waals surface area contributed by atoms with Crippen LogP contribution in [0.2, 0.25) is 5.02 Å². The quantitative estimate of drug-likeness (QED) is 0.473. The Morgan fingerprint density at radius 1 is 1.36 bits per heavy atom. The molecule has 0 amide bonds. The molecule has 0 bridgehead atoms. The highest BCUT2D eigenvalue weighted by Crippen LogP contribution is 2.29. The lowest BCUT2D eigenvalue weighted by molar-refractivity contribution is -0.145. The molecular formula is C21H31ClN4O2. The van der Waals surface area contributed by atoms with Crippen molar-refractivity contribution in [1.29, 1.82) is 0 Å². The summed E-state index contributed by atoms with van der Waals surface area (Å²) in [5.41, 5.74) is 2.49. The number of halogens is 1. The minimum Gasteiger partial charge on any atom is -0.469 e. The molecule has 0 aromatic heterocycles. The van der Waals surface area contributed by atoms with Crippen molar-refractivity contribution < 1.29 is 9.53 Å². The summed E-state index contributed by atoms with van der Waals surface area (Å²) < 4.78 is 4.94. The molecule has 154 valence electrons. The molecule has 7 heteroatoms. The number of carbonyl (C=O) groups is 1. The van der Waals surface area contributed by atoms with Crippen LogP contribution in [0, 0.1) is 24.7 Å². The van der Waals surface area contributed by atoms with Crippen molar-refractivity contribution in [3.05, 3.63) is 28.8 Å². The predicted molar refractivity (Wildman–Crippen MR) is 114 cm³/mol. The van der Waals surface area contributed by atoms with Crippen LogP contribution < -0.4 is 10.2 Å². The van der Waals surface area contributed by atoms with Crippen LogP contribution in [0.15, 0.2) is 23.2 Å². The van der Waals surface area contributed by atoms with Gasteiger partial charge in [0.25, 0.3) is 0 Å². The summed E-state index contributed by atoms with van der Waals surface area (Å²) in [5.74, 6) is 1.46. The summed E-state index contributed by atoms with van der Waals surface area (Å²) in [7, 11) is 3.26. The fraction of sp³-hybridized carbons (Fsp3) is 0.619. The number of methoxy groups -OCH3 is 1. The second kappa shape index (κ2) is 9.03. The Morgan fingerprint density at radius 2 is 2.14 bits per heavy atom. The Hall–Kier alpha value is -1.95. The van der Waals surface area contributed by atoms with Crippen LogP contribution in [0.5, 0.6) is 0 Å². The number of guanidine groups is 1. The second-order valence-corrected chi connectivity index (χ2v) is 8.41. The molecule has 28 heavy (non-hydrogen) atoms. The summed E-state index contributed by atoms with van der Waals surface area (Å²) in [6.07, 6.45) is 1.14. The molecular weight excluding hydrogens is 376 g/mol. The zero-order chi connectivity index (χ0) is 20.3. The number of benzene rings is 1. The average Bonchev–Trinajstić information content (AvgIpc) is 3.30. The minimum atomic E-state index is -0.131. The van der Waals surface area contributed by atoms with E-state index in [9.17, 15) is 4.79 Å². The number of esters is 1. The van der Waals surface area contributed by atoms with Gasteiger partial charge >= 0.3 is 5.97 Å². The molecule has 1 aromatic rings. The van der Waals surface area contributed by atoms with Gasteiger partial charge in [0.15, 0.2) is 5.96 Å². The van der Waals surface area contributed by atoms with Crippen LogP contribution in [0.4, 0.5) is 5.69 Å². The number of aliphatic imine (C=N–C) groups is 1. The van der Waals surface area contributed by atoms with Gasteiger partial charge in [0.1, 0.15) is 0 Å². The third kappa shape index (κ3) is 4.54. The Bertz CT molecular complexity index is 739. The number of nitrogens with one attached hydrogen (secondary N) is 1. The largest absolute Gasteiger partial charge is 0.469 e. The van der Waals surface area contributed by atoms with Crippen LogP contribution >= 0.6 is 11.6 Å². The second-order valence-electron chi connectivity index (χ2n) is 7.97. The fourth-order valence-electron chi connectivity index (χ4n) is 4.31. The van der Waals surface area contributed by atoms with Crippen molar-refractivity contribution in [2.75, 3.05) is 51.8 Å². The van der Waals surface area contributed by atoms with E-state index in [1.807, 2.05) is 6.07 Å². The molecule has 3 atom stereocenters. The first-order chi connectivity index (χ1) is 13.4. The van der Waals surface area contributed by atoms with E-state index in [2.05, 4.69) is 46.1 Å². The Labute approximate surface area is 172 Å². The lowest BCUT2D eigenvalue weighted by atomic mass is 9.99. The van der Waals surface area contributed by atoms with E-state index in [1.54, 1.807) is 7.05 Å². The number of hydrogen-bond acceptors (Lipinski definition) is 4. The first-order valence-corrected chi connectivity index (χ1v) is 10.3. The van der Waals surface area contributed by atoms with Crippen LogP contribution in [0.3, 0.4) is 0 Å². The standard InChI is InChI=1S/C21H31ClN4O2/c1-14-5-6-17(22)9-19(14)25-8-7-16(12-25)10-24-21(23-3)26-11-15(2)18(13-26)20(27)28-4/h5-6,9,15-16,18H,7-8,10-13H2,1-4H3,(H,23,24). The van der Waals surface area contributed by atoms with Crippen molar-refractivity contribution in [3.63, 3.8) is 0 Å². The summed E-state index contributed by atoms with van der Waals surface area (Å²) in [6, 6.07) is 6.08. The number of nitrogens with zero attached hydrogens (tertiary/aromatic N) is 3. The van der Waals surface area contributed by atoms with Crippen molar-refractivity contribution in [3.8, 4) is 0 Å². The van der Waals surface area contributed by atoms with Gasteiger partial charge in [-0.05, 0) is 42.9 Å². The molecule has 2 aliphatic rings. The number of carbonyl (C=O) groups excluding carboxylic acids is 1. The lowest BCUT2D eigenvalue weighted by Gasteiger charge is -2.24. The van der Waals surface area contributed by atoms with Crippen molar-refractivity contribution in [2.45, 2.75) is 20.3 Å². The van der Waals surface area contributed by atoms with Crippen molar-refractivity contribution in [1.82, 2.24) is 10.2 Å². The molecule has 3 unspecified atom stereocenters. The van der Waals surface area contributed by atoms with E-state index in [1.165, 1.54) is 18.4 Å². The van der Waals surface area contributed by atoms with E-state index in [0.717, 1.165) is 43.6 Å². The van der Waals surface area contributed by atoms with Gasteiger partial charge in [-0.15, -0.1) is 0 Å².